The van der Waals surface area contributed by atoms with Gasteiger partial charge in [-0.25, -0.2) is 0 Å². The van der Waals surface area contributed by atoms with Crippen molar-refractivity contribution in [2.24, 2.45) is 34.5 Å². The van der Waals surface area contributed by atoms with Gasteiger partial charge in [-0.3, -0.25) is 0 Å². The van der Waals surface area contributed by atoms with Gasteiger partial charge in [-0.1, -0.05) is 25.5 Å². The van der Waals surface area contributed by atoms with Gasteiger partial charge in [0.25, 0.3) is 0 Å². The molecule has 0 aliphatic heterocycles. The van der Waals surface area contributed by atoms with Crippen LogP contribution in [0.1, 0.15) is 72.1 Å². The van der Waals surface area contributed by atoms with Crippen molar-refractivity contribution in [3.63, 3.8) is 0 Å². The molecule has 4 aliphatic carbocycles. The molecule has 4 saturated carbocycles. The SMILES string of the molecule is C/C=C1/CC[C@H]2[C@@H]3CC[C@H]4C[C@H](O)CC(N(C)C)[C@]4(C)[C@H]3CC[C@]12C. The molecule has 0 bridgehead atoms. The van der Waals surface area contributed by atoms with Crippen LogP contribution in [0.15, 0.2) is 11.6 Å². The molecule has 1 N–H and O–H groups in total. The van der Waals surface area contributed by atoms with Crippen molar-refractivity contribution >= 4 is 0 Å². The fourth-order valence-electron chi connectivity index (χ4n) is 8.39. The number of allylic oxidation sites excluding steroid dienone is 2. The van der Waals surface area contributed by atoms with E-state index in [0.29, 0.717) is 16.9 Å². The summed E-state index contributed by atoms with van der Waals surface area (Å²) < 4.78 is 0. The van der Waals surface area contributed by atoms with Crippen LogP contribution in [-0.4, -0.2) is 36.2 Å². The lowest BCUT2D eigenvalue weighted by Gasteiger charge is -2.64. The fraction of sp³-hybridized carbons (Fsp3) is 0.913. The predicted molar refractivity (Wildman–Crippen MR) is 104 cm³/mol. The van der Waals surface area contributed by atoms with Crippen LogP contribution in [0.3, 0.4) is 0 Å². The molecule has 0 aromatic heterocycles. The molecular weight excluding hydrogens is 306 g/mol. The van der Waals surface area contributed by atoms with Gasteiger partial charge in [-0.2, -0.15) is 0 Å². The minimum absolute atomic E-state index is 0.0861. The van der Waals surface area contributed by atoms with Crippen molar-refractivity contribution in [3.8, 4) is 0 Å². The van der Waals surface area contributed by atoms with E-state index in [2.05, 4.69) is 45.8 Å². The first-order valence-electron chi connectivity index (χ1n) is 10.8. The summed E-state index contributed by atoms with van der Waals surface area (Å²) in [7, 11) is 4.49. The maximum Gasteiger partial charge on any atom is 0.0558 e. The van der Waals surface area contributed by atoms with Crippen LogP contribution in [0, 0.1) is 34.5 Å². The highest BCUT2D eigenvalue weighted by Gasteiger charge is 2.61. The molecule has 0 aromatic carbocycles. The van der Waals surface area contributed by atoms with E-state index in [1.165, 1.54) is 38.5 Å². The van der Waals surface area contributed by atoms with Crippen LogP contribution >= 0.6 is 0 Å². The van der Waals surface area contributed by atoms with Crippen LogP contribution in [-0.2, 0) is 0 Å². The summed E-state index contributed by atoms with van der Waals surface area (Å²) in [4.78, 5) is 2.44. The topological polar surface area (TPSA) is 23.5 Å². The molecule has 0 aromatic rings. The Bertz CT molecular complexity index is 554. The molecule has 2 heteroatoms. The molecule has 4 aliphatic rings. The van der Waals surface area contributed by atoms with Gasteiger partial charge < -0.3 is 10.0 Å². The summed E-state index contributed by atoms with van der Waals surface area (Å²) in [6, 6.07) is 0.543. The molecule has 0 radical (unpaired) electrons. The molecule has 0 saturated heterocycles. The van der Waals surface area contributed by atoms with Crippen LogP contribution < -0.4 is 0 Å². The number of nitrogens with zero attached hydrogens (tertiary/aromatic N) is 1. The van der Waals surface area contributed by atoms with Gasteiger partial charge in [0, 0.05) is 6.04 Å². The van der Waals surface area contributed by atoms with Crippen LogP contribution in [0.25, 0.3) is 0 Å². The monoisotopic (exact) mass is 345 g/mol. The highest BCUT2D eigenvalue weighted by molar-refractivity contribution is 5.24. The van der Waals surface area contributed by atoms with E-state index >= 15 is 0 Å². The summed E-state index contributed by atoms with van der Waals surface area (Å²) in [5.41, 5.74) is 2.64. The largest absolute Gasteiger partial charge is 0.393 e. The average Bonchev–Trinajstić information content (AvgIpc) is 2.91. The molecule has 8 atom stereocenters. The Hall–Kier alpha value is -0.340. The summed E-state index contributed by atoms with van der Waals surface area (Å²) >= 11 is 0. The Morgan fingerprint density at radius 2 is 1.80 bits per heavy atom. The average molecular weight is 346 g/mol. The number of aliphatic hydroxyl groups is 1. The molecule has 25 heavy (non-hydrogen) atoms. The second-order valence-corrected chi connectivity index (χ2v) is 10.4. The number of fused-ring (bicyclic) bond motifs is 5. The number of rotatable bonds is 1. The zero-order valence-corrected chi connectivity index (χ0v) is 17.1. The first kappa shape index (κ1) is 18.0. The van der Waals surface area contributed by atoms with E-state index in [-0.39, 0.29) is 6.10 Å². The smallest absolute Gasteiger partial charge is 0.0558 e. The lowest BCUT2D eigenvalue weighted by atomic mass is 9.43. The van der Waals surface area contributed by atoms with Crippen molar-refractivity contribution in [1.29, 1.82) is 0 Å². The summed E-state index contributed by atoms with van der Waals surface area (Å²) in [6.07, 6.45) is 12.7. The minimum atomic E-state index is -0.0861. The third kappa shape index (κ3) is 2.42. The highest BCUT2D eigenvalue weighted by Crippen LogP contribution is 2.67. The number of hydrogen-bond acceptors (Lipinski definition) is 2. The van der Waals surface area contributed by atoms with E-state index < -0.39 is 0 Å². The second kappa shape index (κ2) is 6.09. The van der Waals surface area contributed by atoms with E-state index in [1.807, 2.05) is 0 Å². The van der Waals surface area contributed by atoms with Crippen molar-refractivity contribution in [1.82, 2.24) is 4.90 Å². The fourth-order valence-corrected chi connectivity index (χ4v) is 8.39. The van der Waals surface area contributed by atoms with E-state index in [1.54, 1.807) is 5.57 Å². The van der Waals surface area contributed by atoms with E-state index in [4.69, 9.17) is 0 Å². The quantitative estimate of drug-likeness (QED) is 0.685. The molecule has 142 valence electrons. The lowest BCUT2D eigenvalue weighted by molar-refractivity contribution is -0.152. The second-order valence-electron chi connectivity index (χ2n) is 10.4. The van der Waals surface area contributed by atoms with E-state index in [9.17, 15) is 5.11 Å². The highest BCUT2D eigenvalue weighted by atomic mass is 16.3. The molecule has 0 spiro atoms. The number of hydrogen-bond donors (Lipinski definition) is 1. The molecule has 1 unspecified atom stereocenters. The first-order valence-corrected chi connectivity index (χ1v) is 10.8. The van der Waals surface area contributed by atoms with Crippen molar-refractivity contribution < 1.29 is 5.11 Å². The standard InChI is InChI=1S/C23H39NO/c1-6-15-8-10-19-18-9-7-16-13-17(25)14-21(24(4)5)23(16,3)20(18)11-12-22(15,19)2/h6,16-21,25H,7-14H2,1-5H3/b15-6-/t16-,17-,18-,19-,20-,21?,22+,23-/m0/s1. The predicted octanol–water partition coefficient (Wildman–Crippen LogP) is 4.88. The maximum atomic E-state index is 10.5. The first-order chi connectivity index (χ1) is 11.8. The normalized spacial score (nSPS) is 54.3. The molecule has 4 rings (SSSR count). The van der Waals surface area contributed by atoms with Crippen LogP contribution in [0.2, 0.25) is 0 Å². The Kier molecular flexibility index (Phi) is 4.40. The Morgan fingerprint density at radius 1 is 1.04 bits per heavy atom. The van der Waals surface area contributed by atoms with Gasteiger partial charge in [-0.15, -0.1) is 0 Å². The Balaban J connectivity index is 1.69. The van der Waals surface area contributed by atoms with Gasteiger partial charge in [-0.05, 0) is 107 Å². The third-order valence-corrected chi connectivity index (χ3v) is 9.55. The Labute approximate surface area is 155 Å². The third-order valence-electron chi connectivity index (χ3n) is 9.55. The van der Waals surface area contributed by atoms with Crippen molar-refractivity contribution in [2.75, 3.05) is 14.1 Å². The van der Waals surface area contributed by atoms with Gasteiger partial charge in [0.1, 0.15) is 0 Å². The van der Waals surface area contributed by atoms with Crippen molar-refractivity contribution in [2.45, 2.75) is 84.3 Å². The Morgan fingerprint density at radius 3 is 2.48 bits per heavy atom. The molecular formula is C23H39NO. The number of aliphatic hydroxyl groups excluding tert-OH is 1. The van der Waals surface area contributed by atoms with Crippen molar-refractivity contribution in [3.05, 3.63) is 11.6 Å². The summed E-state index contributed by atoms with van der Waals surface area (Å²) in [5, 5.41) is 10.5. The van der Waals surface area contributed by atoms with Gasteiger partial charge in [0.15, 0.2) is 0 Å². The summed E-state index contributed by atoms with van der Waals surface area (Å²) in [5.74, 6) is 3.40. The zero-order chi connectivity index (χ0) is 18.0. The minimum Gasteiger partial charge on any atom is -0.393 e. The molecule has 0 heterocycles. The van der Waals surface area contributed by atoms with Gasteiger partial charge in [0.2, 0.25) is 0 Å². The molecule has 2 nitrogen and oxygen atoms in total. The zero-order valence-electron chi connectivity index (χ0n) is 17.1. The van der Waals surface area contributed by atoms with Gasteiger partial charge in [0.05, 0.1) is 6.10 Å². The van der Waals surface area contributed by atoms with E-state index in [0.717, 1.165) is 36.5 Å². The molecule has 4 fully saturated rings. The maximum absolute atomic E-state index is 10.5. The van der Waals surface area contributed by atoms with Gasteiger partial charge >= 0.3 is 0 Å². The lowest BCUT2D eigenvalue weighted by Crippen LogP contribution is -2.62. The van der Waals surface area contributed by atoms with Crippen LogP contribution in [0.4, 0.5) is 0 Å². The van der Waals surface area contributed by atoms with Crippen LogP contribution in [0.5, 0.6) is 0 Å². The summed E-state index contributed by atoms with van der Waals surface area (Å²) in [6.45, 7) is 7.45. The molecule has 0 amide bonds.